The lowest BCUT2D eigenvalue weighted by atomic mass is 10.0. The highest BCUT2D eigenvalue weighted by Gasteiger charge is 2.45. The molecule has 2 aromatic carbocycles. The Labute approximate surface area is 212 Å². The molecular formula is C26H26N6O5. The molecule has 37 heavy (non-hydrogen) atoms. The van der Waals surface area contributed by atoms with Gasteiger partial charge < -0.3 is 31.1 Å². The standard InChI is InChI=1S/C26H26N6O5/c1-31-20(12-9-15-7-10-16(11-8-15)22(27)28)32(19-13-17(25(34)35)14-29-23(19)31)21(26(36)37)24(33)30-18-5-3-2-4-6-18/h2-8,10-11,13-14,20-21H,9,12H2,1H3,(H3,27,28)(H,30,33)(H,34,35)(H,36,37). The summed E-state index contributed by atoms with van der Waals surface area (Å²) in [5, 5.41) is 29.9. The normalized spacial score (nSPS) is 15.1. The number of benzene rings is 2. The molecule has 2 heterocycles. The van der Waals surface area contributed by atoms with E-state index in [0.29, 0.717) is 29.9 Å². The van der Waals surface area contributed by atoms with Crippen LogP contribution in [0.3, 0.4) is 0 Å². The fraction of sp³-hybridized carbons (Fsp3) is 0.192. The number of pyridine rings is 1. The maximum atomic E-state index is 13.3. The second-order valence-electron chi connectivity index (χ2n) is 8.62. The van der Waals surface area contributed by atoms with E-state index in [9.17, 15) is 24.6 Å². The van der Waals surface area contributed by atoms with Crippen LogP contribution >= 0.6 is 0 Å². The molecule has 0 saturated carbocycles. The van der Waals surface area contributed by atoms with Crippen LogP contribution in [0.25, 0.3) is 0 Å². The van der Waals surface area contributed by atoms with Crippen LogP contribution in [-0.4, -0.2) is 58.1 Å². The van der Waals surface area contributed by atoms with Gasteiger partial charge in [0.25, 0.3) is 5.91 Å². The number of hydrogen-bond donors (Lipinski definition) is 5. The molecule has 11 heteroatoms. The first kappa shape index (κ1) is 25.2. The maximum Gasteiger partial charge on any atom is 0.337 e. The number of anilines is 3. The van der Waals surface area contributed by atoms with E-state index >= 15 is 0 Å². The van der Waals surface area contributed by atoms with Crippen LogP contribution in [0.15, 0.2) is 66.9 Å². The zero-order valence-corrected chi connectivity index (χ0v) is 20.0. The summed E-state index contributed by atoms with van der Waals surface area (Å²) in [5.41, 5.74) is 7.60. The van der Waals surface area contributed by atoms with Gasteiger partial charge in [0.15, 0.2) is 5.82 Å². The summed E-state index contributed by atoms with van der Waals surface area (Å²) in [6, 6.07) is 15.3. The molecule has 0 aliphatic carbocycles. The predicted octanol–water partition coefficient (Wildman–Crippen LogP) is 2.37. The molecule has 2 unspecified atom stereocenters. The minimum absolute atomic E-state index is 0.0438. The Morgan fingerprint density at radius 3 is 2.35 bits per heavy atom. The molecule has 6 N–H and O–H groups in total. The van der Waals surface area contributed by atoms with Crippen molar-refractivity contribution in [3.8, 4) is 0 Å². The van der Waals surface area contributed by atoms with Gasteiger partial charge in [-0.3, -0.25) is 10.2 Å². The molecule has 1 aliphatic rings. The predicted molar refractivity (Wildman–Crippen MR) is 138 cm³/mol. The third-order valence-corrected chi connectivity index (χ3v) is 6.23. The third kappa shape index (κ3) is 5.20. The third-order valence-electron chi connectivity index (χ3n) is 6.23. The van der Waals surface area contributed by atoms with Crippen molar-refractivity contribution in [2.75, 3.05) is 22.2 Å². The van der Waals surface area contributed by atoms with Crippen molar-refractivity contribution in [1.82, 2.24) is 4.98 Å². The Morgan fingerprint density at radius 1 is 1.08 bits per heavy atom. The average molecular weight is 503 g/mol. The highest BCUT2D eigenvalue weighted by Crippen LogP contribution is 2.40. The topological polar surface area (TPSA) is 173 Å². The minimum atomic E-state index is -1.65. The van der Waals surface area contributed by atoms with Crippen LogP contribution < -0.4 is 20.9 Å². The van der Waals surface area contributed by atoms with Gasteiger partial charge in [-0.2, -0.15) is 0 Å². The van der Waals surface area contributed by atoms with Gasteiger partial charge in [-0.25, -0.2) is 14.6 Å². The lowest BCUT2D eigenvalue weighted by molar-refractivity contribution is -0.141. The highest BCUT2D eigenvalue weighted by molar-refractivity contribution is 6.11. The first-order chi connectivity index (χ1) is 17.7. The summed E-state index contributed by atoms with van der Waals surface area (Å²) in [5.74, 6) is -3.03. The molecule has 1 amide bonds. The number of nitrogens with zero attached hydrogens (tertiary/aromatic N) is 3. The van der Waals surface area contributed by atoms with E-state index in [-0.39, 0.29) is 17.1 Å². The van der Waals surface area contributed by atoms with Crippen molar-refractivity contribution in [2.24, 2.45) is 5.73 Å². The number of nitrogens with one attached hydrogen (secondary N) is 2. The number of carbonyl (C=O) groups excluding carboxylic acids is 1. The number of carboxylic acid groups (broad SMARTS) is 2. The molecule has 1 aliphatic heterocycles. The quantitative estimate of drug-likeness (QED) is 0.167. The van der Waals surface area contributed by atoms with Gasteiger partial charge in [0.1, 0.15) is 12.0 Å². The summed E-state index contributed by atoms with van der Waals surface area (Å²) < 4.78 is 0. The minimum Gasteiger partial charge on any atom is -0.479 e. The Hall–Kier alpha value is -4.93. The van der Waals surface area contributed by atoms with Crippen molar-refractivity contribution >= 4 is 40.9 Å². The first-order valence-electron chi connectivity index (χ1n) is 11.4. The van der Waals surface area contributed by atoms with E-state index in [2.05, 4.69) is 10.3 Å². The van der Waals surface area contributed by atoms with E-state index in [1.807, 2.05) is 12.1 Å². The van der Waals surface area contributed by atoms with E-state index in [1.54, 1.807) is 54.4 Å². The molecule has 0 fully saturated rings. The fourth-order valence-electron chi connectivity index (χ4n) is 4.39. The van der Waals surface area contributed by atoms with Gasteiger partial charge in [-0.15, -0.1) is 0 Å². The fourth-order valence-corrected chi connectivity index (χ4v) is 4.39. The van der Waals surface area contributed by atoms with Gasteiger partial charge in [0.05, 0.1) is 11.3 Å². The van der Waals surface area contributed by atoms with Gasteiger partial charge >= 0.3 is 11.9 Å². The second-order valence-corrected chi connectivity index (χ2v) is 8.62. The van der Waals surface area contributed by atoms with Crippen LogP contribution in [0.5, 0.6) is 0 Å². The van der Waals surface area contributed by atoms with E-state index in [1.165, 1.54) is 17.2 Å². The van der Waals surface area contributed by atoms with Gasteiger partial charge in [-0.1, -0.05) is 42.5 Å². The van der Waals surface area contributed by atoms with Crippen molar-refractivity contribution < 1.29 is 24.6 Å². The molecule has 0 bridgehead atoms. The number of aromatic nitrogens is 1. The zero-order valence-electron chi connectivity index (χ0n) is 20.0. The largest absolute Gasteiger partial charge is 0.479 e. The Balaban J connectivity index is 1.69. The highest BCUT2D eigenvalue weighted by atomic mass is 16.4. The number of amides is 1. The van der Waals surface area contributed by atoms with Gasteiger partial charge in [0, 0.05) is 24.5 Å². The summed E-state index contributed by atoms with van der Waals surface area (Å²) in [4.78, 5) is 44.8. The van der Waals surface area contributed by atoms with Gasteiger partial charge in [0.2, 0.25) is 6.04 Å². The maximum absolute atomic E-state index is 13.3. The first-order valence-corrected chi connectivity index (χ1v) is 11.4. The Kier molecular flexibility index (Phi) is 7.05. The number of aliphatic carboxylic acids is 1. The van der Waals surface area contributed by atoms with E-state index in [0.717, 1.165) is 5.56 Å². The van der Waals surface area contributed by atoms with E-state index < -0.39 is 30.1 Å². The number of aryl methyl sites for hydroxylation is 1. The molecule has 3 aromatic rings. The molecule has 190 valence electrons. The van der Waals surface area contributed by atoms with Crippen LogP contribution in [0.4, 0.5) is 17.2 Å². The van der Waals surface area contributed by atoms with E-state index in [4.69, 9.17) is 11.1 Å². The average Bonchev–Trinajstić information content (AvgIpc) is 3.14. The summed E-state index contributed by atoms with van der Waals surface area (Å²) in [6.45, 7) is 0. The number of fused-ring (bicyclic) bond motifs is 1. The van der Waals surface area contributed by atoms with Crippen LogP contribution in [0.2, 0.25) is 0 Å². The molecule has 0 radical (unpaired) electrons. The molecule has 4 rings (SSSR count). The number of amidine groups is 1. The lowest BCUT2D eigenvalue weighted by Crippen LogP contribution is -2.55. The van der Waals surface area contributed by atoms with Crippen molar-refractivity contribution in [2.45, 2.75) is 25.0 Å². The number of hydrogen-bond acceptors (Lipinski definition) is 7. The number of nitrogen functional groups attached to an aromatic ring is 1. The summed E-state index contributed by atoms with van der Waals surface area (Å²) >= 11 is 0. The SMILES string of the molecule is CN1c2ncc(C(=O)O)cc2N(C(C(=O)O)C(=O)Nc2ccccc2)C1CCc1ccc(C(=N)N)cc1. The molecule has 0 spiro atoms. The molecule has 0 saturated heterocycles. The number of carbonyl (C=O) groups is 3. The van der Waals surface area contributed by atoms with Crippen LogP contribution in [0, 0.1) is 5.41 Å². The monoisotopic (exact) mass is 502 g/mol. The lowest BCUT2D eigenvalue weighted by Gasteiger charge is -2.34. The Bertz CT molecular complexity index is 1350. The van der Waals surface area contributed by atoms with Crippen molar-refractivity contribution in [1.29, 1.82) is 5.41 Å². The van der Waals surface area contributed by atoms with Crippen LogP contribution in [-0.2, 0) is 16.0 Å². The summed E-state index contributed by atoms with van der Waals surface area (Å²) in [6.07, 6.45) is 1.51. The molecule has 1 aromatic heterocycles. The smallest absolute Gasteiger partial charge is 0.337 e. The molecule has 11 nitrogen and oxygen atoms in total. The number of para-hydroxylation sites is 1. The van der Waals surface area contributed by atoms with Crippen molar-refractivity contribution in [3.05, 3.63) is 83.6 Å². The molecular weight excluding hydrogens is 476 g/mol. The van der Waals surface area contributed by atoms with Crippen molar-refractivity contribution in [3.63, 3.8) is 0 Å². The number of rotatable bonds is 9. The molecule has 2 atom stereocenters. The summed E-state index contributed by atoms with van der Waals surface area (Å²) in [7, 11) is 1.73. The Morgan fingerprint density at radius 2 is 1.76 bits per heavy atom. The van der Waals surface area contributed by atoms with Crippen LogP contribution in [0.1, 0.15) is 27.9 Å². The zero-order chi connectivity index (χ0) is 26.7. The second kappa shape index (κ2) is 10.4. The number of nitrogens with two attached hydrogens (primary N) is 1. The number of carboxylic acids is 2. The van der Waals surface area contributed by atoms with Gasteiger partial charge in [-0.05, 0) is 36.6 Å². The number of aromatic carboxylic acids is 1.